The average molecular weight is 270 g/mol. The largest absolute Gasteiger partial charge is 0.381 e. The fraction of sp³-hybridized carbons (Fsp3) is 0.467. The van der Waals surface area contributed by atoms with Crippen LogP contribution in [0.5, 0.6) is 0 Å². The number of hydrogen-bond acceptors (Lipinski definition) is 3. The van der Waals surface area contributed by atoms with Gasteiger partial charge in [0.2, 0.25) is 0 Å². The first-order valence-corrected chi connectivity index (χ1v) is 7.25. The van der Waals surface area contributed by atoms with E-state index < -0.39 is 5.91 Å². The summed E-state index contributed by atoms with van der Waals surface area (Å²) < 4.78 is 0. The summed E-state index contributed by atoms with van der Waals surface area (Å²) in [7, 11) is 0. The van der Waals surface area contributed by atoms with Gasteiger partial charge in [0.25, 0.3) is 5.91 Å². The Morgan fingerprint density at radius 1 is 1.40 bits per heavy atom. The highest BCUT2D eigenvalue weighted by Crippen LogP contribution is 2.46. The molecule has 0 aromatic carbocycles. The number of fused-ring (bicyclic) bond motifs is 3. The molecule has 4 rings (SSSR count). The van der Waals surface area contributed by atoms with Crippen molar-refractivity contribution in [2.75, 3.05) is 5.32 Å². The van der Waals surface area contributed by atoms with Crippen molar-refractivity contribution in [3.05, 3.63) is 24.0 Å². The number of aromatic nitrogens is 2. The van der Waals surface area contributed by atoms with Crippen LogP contribution >= 0.6 is 0 Å². The number of carbonyl (C=O) groups excluding carboxylic acids is 1. The van der Waals surface area contributed by atoms with Crippen molar-refractivity contribution in [1.29, 1.82) is 0 Å². The second-order valence-corrected chi connectivity index (χ2v) is 6.08. The summed E-state index contributed by atoms with van der Waals surface area (Å²) >= 11 is 0. The van der Waals surface area contributed by atoms with Gasteiger partial charge < -0.3 is 16.0 Å². The molecule has 2 bridgehead atoms. The summed E-state index contributed by atoms with van der Waals surface area (Å²) in [5, 5.41) is 4.54. The first-order chi connectivity index (χ1) is 9.72. The summed E-state index contributed by atoms with van der Waals surface area (Å²) in [6.45, 7) is 0. The number of H-pyrrole nitrogens is 1. The smallest absolute Gasteiger partial charge is 0.252 e. The molecule has 0 spiro atoms. The Labute approximate surface area is 117 Å². The highest BCUT2D eigenvalue weighted by molar-refractivity contribution is 6.05. The van der Waals surface area contributed by atoms with Gasteiger partial charge in [-0.1, -0.05) is 6.42 Å². The molecule has 2 aliphatic rings. The van der Waals surface area contributed by atoms with Crippen LogP contribution in [0.1, 0.15) is 36.0 Å². The lowest BCUT2D eigenvalue weighted by Crippen LogP contribution is -2.27. The lowest BCUT2D eigenvalue weighted by molar-refractivity contribution is 0.100. The van der Waals surface area contributed by atoms with Gasteiger partial charge in [-0.25, -0.2) is 4.98 Å². The van der Waals surface area contributed by atoms with Gasteiger partial charge >= 0.3 is 0 Å². The zero-order valence-corrected chi connectivity index (χ0v) is 11.2. The van der Waals surface area contributed by atoms with Gasteiger partial charge in [0, 0.05) is 23.8 Å². The van der Waals surface area contributed by atoms with E-state index in [1.807, 2.05) is 12.3 Å². The maximum absolute atomic E-state index is 11.7. The molecule has 0 unspecified atom stereocenters. The third-order valence-electron chi connectivity index (χ3n) is 4.92. The molecule has 4 N–H and O–H groups in total. The zero-order chi connectivity index (χ0) is 13.7. The van der Waals surface area contributed by atoms with Crippen LogP contribution in [0.3, 0.4) is 0 Å². The highest BCUT2D eigenvalue weighted by Gasteiger charge is 2.39. The van der Waals surface area contributed by atoms with Crippen LogP contribution < -0.4 is 11.1 Å². The number of hydrogen-bond donors (Lipinski definition) is 3. The van der Waals surface area contributed by atoms with Gasteiger partial charge in [0.05, 0.1) is 11.3 Å². The maximum atomic E-state index is 11.7. The normalized spacial score (nSPS) is 28.1. The van der Waals surface area contributed by atoms with Crippen LogP contribution in [0.2, 0.25) is 0 Å². The molecular formula is C15H18N4O. The Hall–Kier alpha value is -2.04. The molecule has 0 saturated heterocycles. The summed E-state index contributed by atoms with van der Waals surface area (Å²) in [5.41, 5.74) is 7.62. The SMILES string of the molecule is NC(=O)c1cnc2[nH]ccc2c1N[C@@H]1C[C@@H]2CC[C@@H]1C2. The second kappa shape index (κ2) is 4.23. The molecule has 2 aliphatic carbocycles. The van der Waals surface area contributed by atoms with Crippen molar-refractivity contribution in [3.63, 3.8) is 0 Å². The van der Waals surface area contributed by atoms with Crippen LogP contribution in [0.15, 0.2) is 18.5 Å². The predicted octanol–water partition coefficient (Wildman–Crippen LogP) is 2.26. The Bertz CT molecular complexity index is 678. The monoisotopic (exact) mass is 270 g/mol. The van der Waals surface area contributed by atoms with E-state index in [4.69, 9.17) is 5.73 Å². The van der Waals surface area contributed by atoms with Crippen LogP contribution in [0.4, 0.5) is 5.69 Å². The maximum Gasteiger partial charge on any atom is 0.252 e. The molecule has 2 aromatic heterocycles. The molecule has 104 valence electrons. The molecule has 5 nitrogen and oxygen atoms in total. The summed E-state index contributed by atoms with van der Waals surface area (Å²) in [6, 6.07) is 2.41. The van der Waals surface area contributed by atoms with E-state index >= 15 is 0 Å². The molecular weight excluding hydrogens is 252 g/mol. The molecule has 0 radical (unpaired) electrons. The second-order valence-electron chi connectivity index (χ2n) is 6.08. The molecule has 1 amide bonds. The minimum absolute atomic E-state index is 0.425. The Morgan fingerprint density at radius 2 is 2.30 bits per heavy atom. The first kappa shape index (κ1) is 11.8. The van der Waals surface area contributed by atoms with Crippen LogP contribution in [0, 0.1) is 11.8 Å². The number of aromatic amines is 1. The lowest BCUT2D eigenvalue weighted by atomic mass is 9.94. The van der Waals surface area contributed by atoms with Gasteiger partial charge in [-0.2, -0.15) is 0 Å². The minimum Gasteiger partial charge on any atom is -0.381 e. The Morgan fingerprint density at radius 3 is 3.00 bits per heavy atom. The van der Waals surface area contributed by atoms with E-state index in [0.717, 1.165) is 28.6 Å². The number of primary amides is 1. The molecule has 2 heterocycles. The number of amides is 1. The van der Waals surface area contributed by atoms with E-state index in [9.17, 15) is 4.79 Å². The topological polar surface area (TPSA) is 83.8 Å². The van der Waals surface area contributed by atoms with Crippen molar-refractivity contribution in [3.8, 4) is 0 Å². The van der Waals surface area contributed by atoms with Crippen molar-refractivity contribution < 1.29 is 4.79 Å². The third-order valence-corrected chi connectivity index (χ3v) is 4.92. The van der Waals surface area contributed by atoms with Crippen molar-refractivity contribution in [2.45, 2.75) is 31.7 Å². The van der Waals surface area contributed by atoms with Crippen LogP contribution in [-0.4, -0.2) is 21.9 Å². The number of anilines is 1. The molecule has 2 aromatic rings. The predicted molar refractivity (Wildman–Crippen MR) is 77.5 cm³/mol. The number of pyridine rings is 1. The number of rotatable bonds is 3. The quantitative estimate of drug-likeness (QED) is 0.800. The third kappa shape index (κ3) is 1.69. The van der Waals surface area contributed by atoms with E-state index in [-0.39, 0.29) is 0 Å². The molecule has 0 aliphatic heterocycles. The average Bonchev–Trinajstić information content (AvgIpc) is 3.14. The van der Waals surface area contributed by atoms with Crippen LogP contribution in [-0.2, 0) is 0 Å². The molecule has 5 heteroatoms. The fourth-order valence-electron chi connectivity index (χ4n) is 3.96. The zero-order valence-electron chi connectivity index (χ0n) is 11.2. The number of nitrogens with zero attached hydrogens (tertiary/aromatic N) is 1. The fourth-order valence-corrected chi connectivity index (χ4v) is 3.96. The number of nitrogens with two attached hydrogens (primary N) is 1. The molecule has 20 heavy (non-hydrogen) atoms. The van der Waals surface area contributed by atoms with E-state index in [1.54, 1.807) is 6.20 Å². The first-order valence-electron chi connectivity index (χ1n) is 7.25. The van der Waals surface area contributed by atoms with E-state index in [1.165, 1.54) is 25.7 Å². The van der Waals surface area contributed by atoms with Gasteiger partial charge in [0.15, 0.2) is 0 Å². The van der Waals surface area contributed by atoms with Crippen molar-refractivity contribution >= 4 is 22.6 Å². The van der Waals surface area contributed by atoms with Gasteiger partial charge in [-0.15, -0.1) is 0 Å². The van der Waals surface area contributed by atoms with Gasteiger partial charge in [-0.05, 0) is 37.2 Å². The van der Waals surface area contributed by atoms with Crippen molar-refractivity contribution in [1.82, 2.24) is 9.97 Å². The van der Waals surface area contributed by atoms with Gasteiger partial charge in [-0.3, -0.25) is 4.79 Å². The van der Waals surface area contributed by atoms with Gasteiger partial charge in [0.1, 0.15) is 5.65 Å². The standard InChI is InChI=1S/C15H18N4O/c16-14(20)11-7-18-15-10(3-4-17-15)13(11)19-12-6-8-1-2-9(12)5-8/h3-4,7-9,12H,1-2,5-6H2,(H2,16,20)(H2,17,18,19)/t8-,9-,12-/m1/s1. The molecule has 3 atom stereocenters. The van der Waals surface area contributed by atoms with E-state index in [2.05, 4.69) is 15.3 Å². The van der Waals surface area contributed by atoms with Crippen molar-refractivity contribution in [2.24, 2.45) is 17.6 Å². The Kier molecular flexibility index (Phi) is 2.49. The lowest BCUT2D eigenvalue weighted by Gasteiger charge is -2.25. The molecule has 2 fully saturated rings. The number of nitrogens with one attached hydrogen (secondary N) is 2. The Balaban J connectivity index is 1.75. The van der Waals surface area contributed by atoms with E-state index in [0.29, 0.717) is 11.6 Å². The summed E-state index contributed by atoms with van der Waals surface area (Å²) in [6.07, 6.45) is 8.60. The summed E-state index contributed by atoms with van der Waals surface area (Å²) in [4.78, 5) is 19.0. The summed E-state index contributed by atoms with van der Waals surface area (Å²) in [5.74, 6) is 1.17. The molecule has 2 saturated carbocycles. The minimum atomic E-state index is -0.425. The highest BCUT2D eigenvalue weighted by atomic mass is 16.1. The van der Waals surface area contributed by atoms with Crippen LogP contribution in [0.25, 0.3) is 11.0 Å². The number of carbonyl (C=O) groups is 1.